The number of amides is 1. The van der Waals surface area contributed by atoms with Gasteiger partial charge in [0.2, 0.25) is 11.8 Å². The molecule has 35 heavy (non-hydrogen) atoms. The molecule has 0 fully saturated rings. The van der Waals surface area contributed by atoms with Gasteiger partial charge in [0.25, 0.3) is 0 Å². The fourth-order valence-corrected chi connectivity index (χ4v) is 6.79. The molecule has 4 aromatic rings. The molecule has 3 aromatic heterocycles. The van der Waals surface area contributed by atoms with Crippen LogP contribution in [-0.2, 0) is 11.2 Å². The molecule has 5 rings (SSSR count). The molecule has 0 saturated heterocycles. The predicted molar refractivity (Wildman–Crippen MR) is 139 cm³/mol. The van der Waals surface area contributed by atoms with Crippen LogP contribution >= 0.6 is 45.6 Å². The van der Waals surface area contributed by atoms with Crippen LogP contribution in [0.5, 0.6) is 0 Å². The zero-order valence-corrected chi connectivity index (χ0v) is 20.9. The molecule has 1 aliphatic heterocycles. The van der Waals surface area contributed by atoms with Crippen LogP contribution in [0.15, 0.2) is 58.6 Å². The molecule has 4 heterocycles. The number of nitrogens with zero attached hydrogens (tertiary/aromatic N) is 3. The van der Waals surface area contributed by atoms with E-state index in [1.54, 1.807) is 24.3 Å². The third-order valence-corrected chi connectivity index (χ3v) is 8.49. The molecule has 7 nitrogen and oxygen atoms in total. The average Bonchev–Trinajstić information content (AvgIpc) is 3.58. The summed E-state index contributed by atoms with van der Waals surface area (Å²) < 4.78 is 0. The normalized spacial score (nSPS) is 14.5. The van der Waals surface area contributed by atoms with Crippen molar-refractivity contribution < 1.29 is 9.90 Å². The summed E-state index contributed by atoms with van der Waals surface area (Å²) in [7, 11) is 0. The highest BCUT2D eigenvalue weighted by Gasteiger charge is 2.33. The van der Waals surface area contributed by atoms with E-state index in [4.69, 9.17) is 11.6 Å². The van der Waals surface area contributed by atoms with Crippen molar-refractivity contribution in [2.24, 2.45) is 0 Å². The third kappa shape index (κ3) is 4.41. The molecule has 1 amide bonds. The van der Waals surface area contributed by atoms with Crippen molar-refractivity contribution in [3.05, 3.63) is 84.6 Å². The van der Waals surface area contributed by atoms with Gasteiger partial charge < -0.3 is 15.7 Å². The summed E-state index contributed by atoms with van der Waals surface area (Å²) in [6.07, 6.45) is -0.0214. The molecule has 1 aromatic carbocycles. The number of thiazole rings is 1. The molecular formula is C24H14ClN5O2S3. The number of hydrogen-bond acceptors (Lipinski definition) is 9. The standard InChI is InChI=1S/C24H14ClN5O2S3/c25-13-5-3-12(4-6-13)20-15(10-27)23(32)30-22-21(20)35-19(29-22)8-18(31)28-24-14(9-26)16(11-34-24)17-2-1-7-33-17/h1-7,11,20,30,32H,8H2,(H,28,31). The lowest BCUT2D eigenvalue weighted by atomic mass is 9.89. The first kappa shape index (κ1) is 23.1. The number of aliphatic hydroxyl groups excluding tert-OH is 1. The van der Waals surface area contributed by atoms with Crippen molar-refractivity contribution in [1.82, 2.24) is 4.98 Å². The maximum atomic E-state index is 12.8. The first-order chi connectivity index (χ1) is 17.0. The number of hydrogen-bond donors (Lipinski definition) is 3. The molecule has 1 atom stereocenters. The second-order valence-corrected chi connectivity index (χ2v) is 10.9. The number of fused-ring (bicyclic) bond motifs is 1. The molecule has 11 heteroatoms. The highest BCUT2D eigenvalue weighted by atomic mass is 35.5. The molecule has 3 N–H and O–H groups in total. The van der Waals surface area contributed by atoms with E-state index in [0.29, 0.717) is 26.4 Å². The van der Waals surface area contributed by atoms with E-state index in [9.17, 15) is 20.4 Å². The van der Waals surface area contributed by atoms with Crippen molar-refractivity contribution in [3.63, 3.8) is 0 Å². The Kier molecular flexibility index (Phi) is 6.29. The highest BCUT2D eigenvalue weighted by Crippen LogP contribution is 2.44. The van der Waals surface area contributed by atoms with Crippen LogP contribution in [0.2, 0.25) is 5.02 Å². The van der Waals surface area contributed by atoms with Crippen LogP contribution in [0.3, 0.4) is 0 Å². The summed E-state index contributed by atoms with van der Waals surface area (Å²) >= 11 is 10.1. The minimum absolute atomic E-state index is 0.0214. The minimum atomic E-state index is -0.529. The average molecular weight is 536 g/mol. The molecule has 0 bridgehead atoms. The largest absolute Gasteiger partial charge is 0.494 e. The summed E-state index contributed by atoms with van der Waals surface area (Å²) in [4.78, 5) is 19.0. The number of aromatic nitrogens is 1. The molecular weight excluding hydrogens is 522 g/mol. The molecule has 0 radical (unpaired) electrons. The number of anilines is 2. The smallest absolute Gasteiger partial charge is 0.231 e. The van der Waals surface area contributed by atoms with E-state index in [-0.39, 0.29) is 23.8 Å². The van der Waals surface area contributed by atoms with Gasteiger partial charge in [-0.25, -0.2) is 4.98 Å². The second kappa shape index (κ2) is 9.53. The van der Waals surface area contributed by atoms with Crippen molar-refractivity contribution in [3.8, 4) is 22.6 Å². The van der Waals surface area contributed by atoms with Gasteiger partial charge in [-0.15, -0.1) is 34.0 Å². The van der Waals surface area contributed by atoms with Crippen molar-refractivity contribution in [2.45, 2.75) is 12.3 Å². The number of thiophene rings is 2. The summed E-state index contributed by atoms with van der Waals surface area (Å²) in [5.74, 6) is -0.700. The summed E-state index contributed by atoms with van der Waals surface area (Å²) in [6.45, 7) is 0. The maximum Gasteiger partial charge on any atom is 0.231 e. The monoisotopic (exact) mass is 535 g/mol. The molecule has 0 aliphatic carbocycles. The number of rotatable bonds is 5. The summed E-state index contributed by atoms with van der Waals surface area (Å²) in [5, 5.41) is 40.7. The van der Waals surface area contributed by atoms with E-state index in [1.165, 1.54) is 34.0 Å². The van der Waals surface area contributed by atoms with Gasteiger partial charge in [0.15, 0.2) is 0 Å². The van der Waals surface area contributed by atoms with Crippen LogP contribution in [0.1, 0.15) is 26.9 Å². The Balaban J connectivity index is 1.40. The van der Waals surface area contributed by atoms with Gasteiger partial charge in [0, 0.05) is 20.8 Å². The fourth-order valence-electron chi connectivity index (χ4n) is 3.76. The minimum Gasteiger partial charge on any atom is -0.494 e. The molecule has 172 valence electrons. The second-order valence-electron chi connectivity index (χ2n) is 7.47. The predicted octanol–water partition coefficient (Wildman–Crippen LogP) is 6.49. The number of nitrogens with one attached hydrogen (secondary N) is 2. The van der Waals surface area contributed by atoms with Gasteiger partial charge >= 0.3 is 0 Å². The van der Waals surface area contributed by atoms with E-state index in [0.717, 1.165) is 20.9 Å². The Morgan fingerprint density at radius 3 is 2.69 bits per heavy atom. The Morgan fingerprint density at radius 1 is 1.20 bits per heavy atom. The van der Waals surface area contributed by atoms with E-state index in [1.807, 2.05) is 22.9 Å². The molecule has 1 unspecified atom stereocenters. The van der Waals surface area contributed by atoms with E-state index in [2.05, 4.69) is 27.8 Å². The van der Waals surface area contributed by atoms with Crippen LogP contribution < -0.4 is 10.6 Å². The zero-order chi connectivity index (χ0) is 24.5. The summed E-state index contributed by atoms with van der Waals surface area (Å²) in [5.41, 5.74) is 2.17. The maximum absolute atomic E-state index is 12.8. The number of benzene rings is 1. The number of nitriles is 2. The van der Waals surface area contributed by atoms with Crippen LogP contribution in [0.4, 0.5) is 10.8 Å². The zero-order valence-electron chi connectivity index (χ0n) is 17.7. The Bertz CT molecular complexity index is 1540. The lowest BCUT2D eigenvalue weighted by Crippen LogP contribution is -2.17. The van der Waals surface area contributed by atoms with Crippen LogP contribution in [0, 0.1) is 22.7 Å². The van der Waals surface area contributed by atoms with Gasteiger partial charge in [0.05, 0.1) is 22.8 Å². The lowest BCUT2D eigenvalue weighted by molar-refractivity contribution is -0.115. The van der Waals surface area contributed by atoms with E-state index >= 15 is 0 Å². The number of allylic oxidation sites excluding steroid dienone is 1. The molecule has 1 aliphatic rings. The number of aliphatic hydroxyl groups is 1. The fraction of sp³-hybridized carbons (Fsp3) is 0.0833. The van der Waals surface area contributed by atoms with Gasteiger partial charge in [-0.3, -0.25) is 4.79 Å². The SMILES string of the molecule is N#CC1=C(O)Nc2nc(CC(=O)Nc3scc(-c4cccs4)c3C#N)sc2C1c1ccc(Cl)cc1. The molecule has 0 spiro atoms. The number of carbonyl (C=O) groups excluding carboxylic acids is 1. The van der Waals surface area contributed by atoms with Gasteiger partial charge in [0.1, 0.15) is 33.5 Å². The Labute approximate surface area is 217 Å². The number of halogens is 1. The topological polar surface area (TPSA) is 122 Å². The van der Waals surface area contributed by atoms with E-state index < -0.39 is 5.92 Å². The van der Waals surface area contributed by atoms with Crippen molar-refractivity contribution >= 4 is 62.3 Å². The van der Waals surface area contributed by atoms with Crippen molar-refractivity contribution in [1.29, 1.82) is 10.5 Å². The van der Waals surface area contributed by atoms with Gasteiger partial charge in [-0.1, -0.05) is 29.8 Å². The first-order valence-corrected chi connectivity index (χ1v) is 13.1. The Morgan fingerprint density at radius 2 is 2.00 bits per heavy atom. The van der Waals surface area contributed by atoms with Gasteiger partial charge in [-0.05, 0) is 29.1 Å². The van der Waals surface area contributed by atoms with Gasteiger partial charge in [-0.2, -0.15) is 10.5 Å². The lowest BCUT2D eigenvalue weighted by Gasteiger charge is -2.22. The third-order valence-electron chi connectivity index (χ3n) is 5.32. The number of carbonyl (C=O) groups is 1. The summed E-state index contributed by atoms with van der Waals surface area (Å²) in [6, 6.07) is 15.1. The van der Waals surface area contributed by atoms with Crippen LogP contribution in [-0.4, -0.2) is 16.0 Å². The molecule has 0 saturated carbocycles. The highest BCUT2D eigenvalue weighted by molar-refractivity contribution is 7.17. The van der Waals surface area contributed by atoms with Crippen LogP contribution in [0.25, 0.3) is 10.4 Å². The quantitative estimate of drug-likeness (QED) is 0.268. The van der Waals surface area contributed by atoms with Crippen molar-refractivity contribution in [2.75, 3.05) is 10.6 Å². The Hall–Kier alpha value is -3.67. The first-order valence-electron chi connectivity index (χ1n) is 10.2.